The Morgan fingerprint density at radius 2 is 1.93 bits per heavy atom. The van der Waals surface area contributed by atoms with E-state index < -0.39 is 0 Å². The van der Waals surface area contributed by atoms with Gasteiger partial charge in [0, 0.05) is 31.1 Å². The van der Waals surface area contributed by atoms with Crippen molar-refractivity contribution in [3.8, 4) is 0 Å². The van der Waals surface area contributed by atoms with Crippen LogP contribution in [0.15, 0.2) is 35.3 Å². The van der Waals surface area contributed by atoms with Crippen molar-refractivity contribution in [3.63, 3.8) is 0 Å². The molecule has 1 aromatic heterocycles. The number of nitrogens with one attached hydrogen (secondary N) is 2. The summed E-state index contributed by atoms with van der Waals surface area (Å²) in [6, 6.07) is 11.1. The zero-order valence-electron chi connectivity index (χ0n) is 17.0. The van der Waals surface area contributed by atoms with Crippen LogP contribution < -0.4 is 10.6 Å². The van der Waals surface area contributed by atoms with Crippen molar-refractivity contribution in [3.05, 3.63) is 51.5 Å². The standard InChI is InChI=1S/C20H31N5S.HI/c1-15(25(5)14-18-9-7-6-8-10-18)11-12-22-20(21-4)23-13-19-16(2)24-17(3)26-19;/h6-10,15H,11-14H2,1-5H3,(H2,21,22,23);1H. The average Bonchev–Trinajstić information content (AvgIpc) is 2.95. The topological polar surface area (TPSA) is 52.6 Å². The maximum Gasteiger partial charge on any atom is 0.191 e. The molecular formula is C20H32IN5S. The van der Waals surface area contributed by atoms with Gasteiger partial charge < -0.3 is 10.6 Å². The molecular weight excluding hydrogens is 469 g/mol. The van der Waals surface area contributed by atoms with Crippen molar-refractivity contribution >= 4 is 41.3 Å². The molecule has 1 heterocycles. The van der Waals surface area contributed by atoms with E-state index in [-0.39, 0.29) is 24.0 Å². The Labute approximate surface area is 184 Å². The molecule has 0 amide bonds. The molecule has 2 aromatic rings. The molecule has 0 aliphatic heterocycles. The number of guanidine groups is 1. The number of rotatable bonds is 8. The van der Waals surface area contributed by atoms with Crippen LogP contribution in [0.1, 0.15) is 34.5 Å². The fraction of sp³-hybridized carbons (Fsp3) is 0.500. The van der Waals surface area contributed by atoms with Gasteiger partial charge in [0.05, 0.1) is 17.2 Å². The number of benzene rings is 1. The molecule has 5 nitrogen and oxygen atoms in total. The lowest BCUT2D eigenvalue weighted by Gasteiger charge is -2.25. The minimum absolute atomic E-state index is 0. The van der Waals surface area contributed by atoms with Gasteiger partial charge in [0.25, 0.3) is 0 Å². The Balaban J connectivity index is 0.00000364. The number of nitrogens with zero attached hydrogens (tertiary/aromatic N) is 3. The van der Waals surface area contributed by atoms with Gasteiger partial charge in [-0.15, -0.1) is 35.3 Å². The third kappa shape index (κ3) is 8.15. The van der Waals surface area contributed by atoms with Gasteiger partial charge in [-0.3, -0.25) is 9.89 Å². The summed E-state index contributed by atoms with van der Waals surface area (Å²) in [5, 5.41) is 7.90. The second kappa shape index (κ2) is 12.3. The Bertz CT molecular complexity index is 702. The molecule has 0 spiro atoms. The second-order valence-electron chi connectivity index (χ2n) is 6.63. The smallest absolute Gasteiger partial charge is 0.191 e. The molecule has 0 fully saturated rings. The van der Waals surface area contributed by atoms with Gasteiger partial charge in [-0.1, -0.05) is 30.3 Å². The summed E-state index contributed by atoms with van der Waals surface area (Å²) >= 11 is 1.74. The van der Waals surface area contributed by atoms with Crippen molar-refractivity contribution in [1.29, 1.82) is 0 Å². The number of aliphatic imine (C=N–C) groups is 1. The molecule has 0 bridgehead atoms. The van der Waals surface area contributed by atoms with Gasteiger partial charge in [0.15, 0.2) is 5.96 Å². The van der Waals surface area contributed by atoms with E-state index in [4.69, 9.17) is 0 Å². The molecule has 0 saturated heterocycles. The highest BCUT2D eigenvalue weighted by Crippen LogP contribution is 2.16. The van der Waals surface area contributed by atoms with E-state index in [2.05, 4.69) is 76.7 Å². The lowest BCUT2D eigenvalue weighted by atomic mass is 10.1. The van der Waals surface area contributed by atoms with Gasteiger partial charge in [0.2, 0.25) is 0 Å². The third-order valence-corrected chi connectivity index (χ3v) is 5.59. The van der Waals surface area contributed by atoms with E-state index >= 15 is 0 Å². The largest absolute Gasteiger partial charge is 0.356 e. The Kier molecular flexibility index (Phi) is 10.9. The molecule has 0 radical (unpaired) electrons. The van der Waals surface area contributed by atoms with Gasteiger partial charge in [0.1, 0.15) is 0 Å². The van der Waals surface area contributed by atoms with Crippen molar-refractivity contribution < 1.29 is 0 Å². The molecule has 0 aliphatic rings. The normalized spacial score (nSPS) is 12.6. The number of aromatic nitrogens is 1. The highest BCUT2D eigenvalue weighted by atomic mass is 127. The minimum atomic E-state index is 0. The summed E-state index contributed by atoms with van der Waals surface area (Å²) in [4.78, 5) is 12.4. The summed E-state index contributed by atoms with van der Waals surface area (Å²) in [5.74, 6) is 0.841. The van der Waals surface area contributed by atoms with E-state index in [1.807, 2.05) is 14.0 Å². The summed E-state index contributed by atoms with van der Waals surface area (Å²) < 4.78 is 0. The highest BCUT2D eigenvalue weighted by molar-refractivity contribution is 14.0. The lowest BCUT2D eigenvalue weighted by molar-refractivity contribution is 0.238. The summed E-state index contributed by atoms with van der Waals surface area (Å²) in [7, 11) is 3.99. The minimum Gasteiger partial charge on any atom is -0.356 e. The fourth-order valence-corrected chi connectivity index (χ4v) is 3.65. The van der Waals surface area contributed by atoms with Gasteiger partial charge in [-0.05, 0) is 39.8 Å². The highest BCUT2D eigenvalue weighted by Gasteiger charge is 2.10. The average molecular weight is 501 g/mol. The van der Waals surface area contributed by atoms with Crippen LogP contribution in [0.3, 0.4) is 0 Å². The van der Waals surface area contributed by atoms with Crippen LogP contribution in [0.4, 0.5) is 0 Å². The zero-order chi connectivity index (χ0) is 18.9. The molecule has 2 rings (SSSR count). The predicted octanol–water partition coefficient (Wildman–Crippen LogP) is 3.95. The molecule has 2 N–H and O–H groups in total. The maximum absolute atomic E-state index is 4.47. The Morgan fingerprint density at radius 1 is 1.22 bits per heavy atom. The van der Waals surface area contributed by atoms with Gasteiger partial charge >= 0.3 is 0 Å². The number of thiazole rings is 1. The number of hydrogen-bond acceptors (Lipinski definition) is 4. The summed E-state index contributed by atoms with van der Waals surface area (Å²) in [6.45, 7) is 8.99. The van der Waals surface area contributed by atoms with Crippen LogP contribution >= 0.6 is 35.3 Å². The molecule has 7 heteroatoms. The predicted molar refractivity (Wildman–Crippen MR) is 127 cm³/mol. The van der Waals surface area contributed by atoms with Crippen molar-refractivity contribution in [2.45, 2.75) is 46.3 Å². The van der Waals surface area contributed by atoms with Crippen molar-refractivity contribution in [2.75, 3.05) is 20.6 Å². The monoisotopic (exact) mass is 501 g/mol. The molecule has 27 heavy (non-hydrogen) atoms. The van der Waals surface area contributed by atoms with Crippen LogP contribution in [0.2, 0.25) is 0 Å². The molecule has 150 valence electrons. The SMILES string of the molecule is CN=C(NCCC(C)N(C)Cc1ccccc1)NCc1sc(C)nc1C.I. The summed E-state index contributed by atoms with van der Waals surface area (Å²) in [6.07, 6.45) is 1.06. The number of hydrogen-bond donors (Lipinski definition) is 2. The molecule has 0 saturated carbocycles. The molecule has 1 aromatic carbocycles. The van der Waals surface area contributed by atoms with Crippen LogP contribution in [0, 0.1) is 13.8 Å². The van der Waals surface area contributed by atoms with Gasteiger partial charge in [-0.25, -0.2) is 4.98 Å². The quantitative estimate of drug-likeness (QED) is 0.327. The Morgan fingerprint density at radius 3 is 2.52 bits per heavy atom. The van der Waals surface area contributed by atoms with Crippen LogP contribution in [-0.4, -0.2) is 42.5 Å². The van der Waals surface area contributed by atoms with Crippen molar-refractivity contribution in [2.24, 2.45) is 4.99 Å². The molecule has 1 atom stereocenters. The summed E-state index contributed by atoms with van der Waals surface area (Å²) in [5.41, 5.74) is 2.45. The molecule has 1 unspecified atom stereocenters. The van der Waals surface area contributed by atoms with E-state index in [0.29, 0.717) is 6.04 Å². The first-order valence-electron chi connectivity index (χ1n) is 9.11. The molecule has 0 aliphatic carbocycles. The van der Waals surface area contributed by atoms with E-state index in [1.165, 1.54) is 10.4 Å². The second-order valence-corrected chi connectivity index (χ2v) is 7.92. The van der Waals surface area contributed by atoms with E-state index in [0.717, 1.165) is 42.7 Å². The fourth-order valence-electron chi connectivity index (χ4n) is 2.77. The number of halogens is 1. The van der Waals surface area contributed by atoms with Crippen LogP contribution in [-0.2, 0) is 13.1 Å². The first-order chi connectivity index (χ1) is 12.5. The third-order valence-electron chi connectivity index (χ3n) is 4.52. The maximum atomic E-state index is 4.47. The Hall–Kier alpha value is -1.19. The zero-order valence-corrected chi connectivity index (χ0v) is 20.1. The van der Waals surface area contributed by atoms with E-state index in [9.17, 15) is 0 Å². The number of aryl methyl sites for hydroxylation is 2. The van der Waals surface area contributed by atoms with Gasteiger partial charge in [-0.2, -0.15) is 0 Å². The first kappa shape index (κ1) is 23.8. The first-order valence-corrected chi connectivity index (χ1v) is 9.92. The van der Waals surface area contributed by atoms with E-state index in [1.54, 1.807) is 11.3 Å². The van der Waals surface area contributed by atoms with Crippen LogP contribution in [0.25, 0.3) is 0 Å². The van der Waals surface area contributed by atoms with Crippen LogP contribution in [0.5, 0.6) is 0 Å². The van der Waals surface area contributed by atoms with Crippen molar-refractivity contribution in [1.82, 2.24) is 20.5 Å². The lowest BCUT2D eigenvalue weighted by Crippen LogP contribution is -2.39.